The largest absolute Gasteiger partial charge is 0.454 e. The van der Waals surface area contributed by atoms with Gasteiger partial charge in [0.2, 0.25) is 6.79 Å². The first-order valence-electron chi connectivity index (χ1n) is 8.99. The van der Waals surface area contributed by atoms with E-state index in [0.717, 1.165) is 0 Å². The molecule has 0 saturated heterocycles. The Morgan fingerprint density at radius 3 is 2.96 bits per heavy atom. The number of hydrogen-bond acceptors (Lipinski definition) is 8. The third-order valence-electron chi connectivity index (χ3n) is 5.05. The van der Waals surface area contributed by atoms with Gasteiger partial charge in [0.05, 0.1) is 24.9 Å². The number of aliphatic hydroxyl groups excluding tert-OH is 2. The minimum atomic E-state index is -1.06. The first-order valence-corrected chi connectivity index (χ1v) is 8.99. The Hall–Kier alpha value is -2.69. The van der Waals surface area contributed by atoms with E-state index in [1.54, 1.807) is 36.2 Å². The monoisotopic (exact) mass is 390 g/mol. The van der Waals surface area contributed by atoms with Gasteiger partial charge < -0.3 is 29.7 Å². The lowest BCUT2D eigenvalue weighted by Crippen LogP contribution is -2.43. The second-order valence-electron chi connectivity index (χ2n) is 6.99. The van der Waals surface area contributed by atoms with Crippen molar-refractivity contribution in [3.63, 3.8) is 0 Å². The molecule has 0 bridgehead atoms. The van der Waals surface area contributed by atoms with E-state index in [0.29, 0.717) is 42.3 Å². The number of nitrogens with zero attached hydrogens (tertiary/aromatic N) is 3. The highest BCUT2D eigenvalue weighted by atomic mass is 16.7. The molecule has 1 aliphatic carbocycles. The Morgan fingerprint density at radius 2 is 2.14 bits per heavy atom. The Kier molecular flexibility index (Phi) is 5.16. The molecule has 1 fully saturated rings. The van der Waals surface area contributed by atoms with E-state index in [4.69, 9.17) is 14.2 Å². The van der Waals surface area contributed by atoms with Gasteiger partial charge in [-0.2, -0.15) is 0 Å². The van der Waals surface area contributed by atoms with Crippen LogP contribution in [-0.4, -0.2) is 63.3 Å². The quantitative estimate of drug-likeness (QED) is 0.613. The summed E-state index contributed by atoms with van der Waals surface area (Å²) >= 11 is 0. The fraction of sp³-hybridized carbons (Fsp3) is 0.500. The minimum Gasteiger partial charge on any atom is -0.454 e. The van der Waals surface area contributed by atoms with Crippen molar-refractivity contribution in [3.8, 4) is 11.5 Å². The second-order valence-corrected chi connectivity index (χ2v) is 6.99. The normalized spacial score (nSPS) is 25.8. The summed E-state index contributed by atoms with van der Waals surface area (Å²) in [7, 11) is 1.57. The summed E-state index contributed by atoms with van der Waals surface area (Å²) in [5.74, 6) is 0.483. The highest BCUT2D eigenvalue weighted by Crippen LogP contribution is 2.33. The molecule has 0 spiro atoms. The fourth-order valence-electron chi connectivity index (χ4n) is 3.62. The van der Waals surface area contributed by atoms with Crippen LogP contribution in [0.1, 0.15) is 22.5 Å². The van der Waals surface area contributed by atoms with Crippen LogP contribution in [0.3, 0.4) is 0 Å². The Balaban J connectivity index is 1.39. The number of aromatic nitrogens is 3. The zero-order valence-electron chi connectivity index (χ0n) is 15.3. The van der Waals surface area contributed by atoms with Gasteiger partial charge in [0, 0.05) is 25.1 Å². The SMILES string of the molecule is COCc1cn(C[C@H]2C[C@@H](NC(=O)c3ccc4c(c3)OCO4)[C@H](O)[C@@H]2O)nn1. The van der Waals surface area contributed by atoms with E-state index in [2.05, 4.69) is 15.6 Å². The van der Waals surface area contributed by atoms with E-state index in [9.17, 15) is 15.0 Å². The van der Waals surface area contributed by atoms with Gasteiger partial charge in [0.1, 0.15) is 11.8 Å². The number of hydrogen-bond donors (Lipinski definition) is 3. The summed E-state index contributed by atoms with van der Waals surface area (Å²) in [4.78, 5) is 12.6. The number of fused-ring (bicyclic) bond motifs is 1. The predicted octanol–water partition coefficient (Wildman–Crippen LogP) is -0.306. The van der Waals surface area contributed by atoms with Gasteiger partial charge in [-0.25, -0.2) is 0 Å². The number of amides is 1. The van der Waals surface area contributed by atoms with Crippen LogP contribution >= 0.6 is 0 Å². The fourth-order valence-corrected chi connectivity index (χ4v) is 3.62. The number of benzene rings is 1. The molecule has 4 rings (SSSR count). The van der Waals surface area contributed by atoms with Crippen molar-refractivity contribution in [1.82, 2.24) is 20.3 Å². The van der Waals surface area contributed by atoms with E-state index in [1.807, 2.05) is 0 Å². The summed E-state index contributed by atoms with van der Waals surface area (Å²) < 4.78 is 17.1. The van der Waals surface area contributed by atoms with Crippen molar-refractivity contribution in [2.75, 3.05) is 13.9 Å². The van der Waals surface area contributed by atoms with Crippen molar-refractivity contribution in [1.29, 1.82) is 0 Å². The van der Waals surface area contributed by atoms with Gasteiger partial charge in [-0.05, 0) is 24.6 Å². The summed E-state index contributed by atoms with van der Waals surface area (Å²) in [5, 5.41) is 31.5. The maximum Gasteiger partial charge on any atom is 0.251 e. The van der Waals surface area contributed by atoms with E-state index < -0.39 is 18.2 Å². The Morgan fingerprint density at radius 1 is 1.32 bits per heavy atom. The standard InChI is InChI=1S/C18H22N4O6/c1-26-8-12-7-22(21-20-12)6-11-4-13(17(24)16(11)23)19-18(25)10-2-3-14-15(5-10)28-9-27-14/h2-3,5,7,11,13,16-17,23-24H,4,6,8-9H2,1H3,(H,19,25)/t11-,13-,16-,17+/m1/s1. The molecule has 1 aromatic carbocycles. The molecule has 1 aliphatic heterocycles. The van der Waals surface area contributed by atoms with Crippen molar-refractivity contribution >= 4 is 5.91 Å². The van der Waals surface area contributed by atoms with Crippen LogP contribution in [0.5, 0.6) is 11.5 Å². The molecule has 10 nitrogen and oxygen atoms in total. The first kappa shape index (κ1) is 18.7. The summed E-state index contributed by atoms with van der Waals surface area (Å²) in [6, 6.07) is 4.33. The molecule has 0 radical (unpaired) electrons. The van der Waals surface area contributed by atoms with Gasteiger partial charge in [0.25, 0.3) is 5.91 Å². The maximum absolute atomic E-state index is 12.6. The summed E-state index contributed by atoms with van der Waals surface area (Å²) in [6.07, 6.45) is 0.112. The third-order valence-corrected chi connectivity index (χ3v) is 5.05. The molecule has 1 saturated carbocycles. The molecule has 0 unspecified atom stereocenters. The van der Waals surface area contributed by atoms with Crippen LogP contribution in [0.25, 0.3) is 0 Å². The van der Waals surface area contributed by atoms with Crippen LogP contribution in [0.4, 0.5) is 0 Å². The van der Waals surface area contributed by atoms with Gasteiger partial charge in [0.15, 0.2) is 11.5 Å². The van der Waals surface area contributed by atoms with Crippen molar-refractivity contribution in [2.24, 2.45) is 5.92 Å². The topological polar surface area (TPSA) is 128 Å². The number of nitrogens with one attached hydrogen (secondary N) is 1. The van der Waals surface area contributed by atoms with E-state index >= 15 is 0 Å². The second kappa shape index (κ2) is 7.74. The number of rotatable bonds is 6. The van der Waals surface area contributed by atoms with Crippen molar-refractivity contribution < 1.29 is 29.2 Å². The number of carbonyl (C=O) groups is 1. The molecule has 10 heteroatoms. The van der Waals surface area contributed by atoms with Crippen molar-refractivity contribution in [3.05, 3.63) is 35.7 Å². The van der Waals surface area contributed by atoms with Crippen LogP contribution in [0, 0.1) is 5.92 Å². The molecule has 28 heavy (non-hydrogen) atoms. The van der Waals surface area contributed by atoms with Crippen LogP contribution in [0.2, 0.25) is 0 Å². The Bertz CT molecular complexity index is 856. The zero-order chi connectivity index (χ0) is 19.7. The van der Waals surface area contributed by atoms with Gasteiger partial charge in [-0.3, -0.25) is 9.48 Å². The van der Waals surface area contributed by atoms with Crippen LogP contribution in [-0.2, 0) is 17.9 Å². The highest BCUT2D eigenvalue weighted by Gasteiger charge is 2.42. The summed E-state index contributed by atoms with van der Waals surface area (Å²) in [5.41, 5.74) is 1.08. The molecule has 2 aromatic rings. The average molecular weight is 390 g/mol. The lowest BCUT2D eigenvalue weighted by atomic mass is 10.1. The molecule has 2 heterocycles. The smallest absolute Gasteiger partial charge is 0.251 e. The predicted molar refractivity (Wildman–Crippen MR) is 94.7 cm³/mol. The molecule has 150 valence electrons. The molecule has 4 atom stereocenters. The number of methoxy groups -OCH3 is 1. The molecule has 1 aromatic heterocycles. The Labute approximate surface area is 161 Å². The average Bonchev–Trinajstić information content (AvgIpc) is 3.39. The molecule has 1 amide bonds. The molecule has 2 aliphatic rings. The van der Waals surface area contributed by atoms with E-state index in [1.165, 1.54) is 0 Å². The maximum atomic E-state index is 12.6. The van der Waals surface area contributed by atoms with Crippen molar-refractivity contribution in [2.45, 2.75) is 37.8 Å². The number of aliphatic hydroxyl groups is 2. The number of carbonyl (C=O) groups excluding carboxylic acids is 1. The van der Waals surface area contributed by atoms with Crippen LogP contribution < -0.4 is 14.8 Å². The van der Waals surface area contributed by atoms with Gasteiger partial charge in [-0.1, -0.05) is 5.21 Å². The third kappa shape index (κ3) is 3.66. The first-order chi connectivity index (χ1) is 13.5. The van der Waals surface area contributed by atoms with Gasteiger partial charge >= 0.3 is 0 Å². The zero-order valence-corrected chi connectivity index (χ0v) is 15.3. The molecular formula is C18H22N4O6. The number of ether oxygens (including phenoxy) is 3. The lowest BCUT2D eigenvalue weighted by Gasteiger charge is -2.18. The summed E-state index contributed by atoms with van der Waals surface area (Å²) in [6.45, 7) is 0.861. The molecule has 3 N–H and O–H groups in total. The molecular weight excluding hydrogens is 368 g/mol. The minimum absolute atomic E-state index is 0.129. The van der Waals surface area contributed by atoms with Crippen LogP contribution in [0.15, 0.2) is 24.4 Å². The van der Waals surface area contributed by atoms with E-state index in [-0.39, 0.29) is 18.6 Å². The van der Waals surface area contributed by atoms with Gasteiger partial charge in [-0.15, -0.1) is 5.10 Å². The lowest BCUT2D eigenvalue weighted by molar-refractivity contribution is 0.00761. The highest BCUT2D eigenvalue weighted by molar-refractivity contribution is 5.95.